The number of piperidine rings is 1. The summed E-state index contributed by atoms with van der Waals surface area (Å²) in [4.78, 5) is 154. The largest absolute Gasteiger partial charge is 0.480 e. The number of aryl methyl sites for hydroxylation is 1. The summed E-state index contributed by atoms with van der Waals surface area (Å²) in [5.74, 6) is -8.56. The van der Waals surface area contributed by atoms with E-state index in [1.165, 1.54) is 23.2 Å². The van der Waals surface area contributed by atoms with Crippen molar-refractivity contribution in [2.24, 2.45) is 35.5 Å². The van der Waals surface area contributed by atoms with E-state index >= 15 is 4.79 Å². The van der Waals surface area contributed by atoms with Crippen molar-refractivity contribution in [3.05, 3.63) is 143 Å². The zero-order valence-corrected chi connectivity index (χ0v) is 80.4. The number of esters is 2. The molecule has 11 heterocycles. The number of amides is 3. The second-order valence-electron chi connectivity index (χ2n) is 38.0. The first-order chi connectivity index (χ1) is 65.9. The van der Waals surface area contributed by atoms with Crippen LogP contribution in [-0.2, 0) is 97.4 Å². The number of carboxylic acids is 1. The second kappa shape index (κ2) is 46.4. The molecule has 137 heavy (non-hydrogen) atoms. The number of aromatic nitrogens is 9. The number of aliphatic hydroxyl groups excluding tert-OH is 1. The molecule has 5 aromatic heterocycles. The summed E-state index contributed by atoms with van der Waals surface area (Å²) in [5, 5.41) is 40.1. The lowest BCUT2D eigenvalue weighted by atomic mass is 9.78. The van der Waals surface area contributed by atoms with Gasteiger partial charge in [0, 0.05) is 161 Å². The molecule has 738 valence electrons. The van der Waals surface area contributed by atoms with Crippen LogP contribution in [0.4, 0.5) is 23.7 Å². The lowest BCUT2D eigenvalue weighted by Gasteiger charge is -2.43. The predicted molar refractivity (Wildman–Crippen MR) is 508 cm³/mol. The molecule has 2 bridgehead atoms. The number of ketones is 2. The Labute approximate surface area is 798 Å². The molecule has 0 unspecified atom stereocenters. The molecule has 7 aliphatic rings. The number of cyclic esters (lactones) is 1. The van der Waals surface area contributed by atoms with Crippen LogP contribution >= 0.6 is 0 Å². The molecule has 7 N–H and O–H groups in total. The maximum absolute atomic E-state index is 15.0. The van der Waals surface area contributed by atoms with Crippen LogP contribution in [0.5, 0.6) is 0 Å². The molecule has 4 saturated heterocycles. The topological polar surface area (TPSA) is 464 Å². The number of piperazine rings is 2. The number of allylic oxidation sites excluding steroid dienone is 5. The molecule has 7 aromatic rings. The zero-order valence-electron chi connectivity index (χ0n) is 80.4. The molecule has 17 atom stereocenters. The van der Waals surface area contributed by atoms with Gasteiger partial charge in [0.05, 0.1) is 68.1 Å². The third-order valence-corrected chi connectivity index (χ3v) is 28.5. The van der Waals surface area contributed by atoms with Crippen molar-refractivity contribution in [3.8, 4) is 11.3 Å². The number of carbonyl (C=O) groups excluding carboxylic acids is 7. The van der Waals surface area contributed by atoms with Gasteiger partial charge in [0.1, 0.15) is 59.9 Å². The van der Waals surface area contributed by atoms with Gasteiger partial charge < -0.3 is 93.6 Å². The van der Waals surface area contributed by atoms with Gasteiger partial charge in [-0.15, -0.1) is 0 Å². The first-order valence-corrected chi connectivity index (χ1v) is 48.1. The highest BCUT2D eigenvalue weighted by atomic mass is 16.6. The minimum Gasteiger partial charge on any atom is -0.480 e. The summed E-state index contributed by atoms with van der Waals surface area (Å²) in [6.07, 6.45) is 19.4. The number of carboxylic acid groups (broad SMARTS) is 1. The average Bonchev–Trinajstić information content (AvgIpc) is 1.20. The van der Waals surface area contributed by atoms with E-state index in [1.807, 2.05) is 98.9 Å². The Bertz CT molecular complexity index is 5530. The van der Waals surface area contributed by atoms with Gasteiger partial charge in [0.2, 0.25) is 23.6 Å². The molecular weight excluding hydrogens is 1760 g/mol. The standard InChI is InChI=1S/C100H133N17O20/c1-59-17-13-12-14-18-60(2)79(129-8)49-73-26-20-65(7)100(128,137-73)90(122)94(124)116-32-16-15-19-75(116)96(127)135-81(50-80(130-9)61(3)44-64(6)88(121)89(132-11)87(120)63(5)43-59)62(4)45-66-22-27-78(82(47-66)131-10)134-84(119)29-23-68-51-103-99(104-52-68)114-38-39-115(76(57-114)95(125)126)83(118)31-41-133-42-40-111-34-36-112(37-35-111)98-105-53-72(54-106-98)93(123)113-33-30-69-46-67(21-24-71(69)56-113)55-117-92-85(91(101)107-58-108-92)86(110-117)70-25-28-77-74(48-70)109-97(102)136-77/h12-14,17-18,21,24-25,28,44,46,48,51-54,58-59,61-63,65-66,73,75-76,78-82,88-89,121,128H,15-16,19-20,22-23,26-27,29-43,45,47,49-50,55-57H2,1-11H3,(H2,102,109)(H,125,126)(H2,101,107,108)/b14-12+,17-13+,60-18+,64-44+/t59-,61-,62-,63-,65-,66+,73+,75+,76-,78-,79+,80-,81+,82-,88-,89+,100-/m1/s1. The predicted octanol–water partition coefficient (Wildman–Crippen LogP) is 9.08. The van der Waals surface area contributed by atoms with E-state index < -0.39 is 114 Å². The number of anilines is 4. The van der Waals surface area contributed by atoms with Crippen LogP contribution in [0, 0.1) is 35.5 Å². The van der Waals surface area contributed by atoms with Crippen molar-refractivity contribution in [1.82, 2.24) is 64.3 Å². The van der Waals surface area contributed by atoms with Crippen LogP contribution in [0.2, 0.25) is 0 Å². The number of ether oxygens (including phenoxy) is 8. The molecule has 2 aromatic carbocycles. The number of fused-ring (bicyclic) bond motifs is 6. The number of rotatable bonds is 24. The Kier molecular flexibility index (Phi) is 34.3. The van der Waals surface area contributed by atoms with Crippen LogP contribution in [0.3, 0.4) is 0 Å². The highest BCUT2D eigenvalue weighted by Crippen LogP contribution is 2.41. The highest BCUT2D eigenvalue weighted by molar-refractivity contribution is 6.39. The normalized spacial score (nSPS) is 28.4. The number of aliphatic carboxylic acids is 1. The number of carbonyl (C=O) groups is 8. The molecule has 0 spiro atoms. The number of benzene rings is 2. The summed E-state index contributed by atoms with van der Waals surface area (Å²) in [6, 6.07) is 9.50. The fourth-order valence-electron chi connectivity index (χ4n) is 20.3. The van der Waals surface area contributed by atoms with Gasteiger partial charge in [-0.2, -0.15) is 10.1 Å². The number of hydrogen-bond donors (Lipinski definition) is 5. The number of methoxy groups -OCH3 is 4. The van der Waals surface area contributed by atoms with Crippen LogP contribution < -0.4 is 21.3 Å². The van der Waals surface area contributed by atoms with E-state index in [9.17, 15) is 48.9 Å². The maximum Gasteiger partial charge on any atom is 0.329 e. The number of Topliss-reactive ketones (excluding diaryl/α,β-unsaturated/α-hetero) is 2. The van der Waals surface area contributed by atoms with E-state index in [0.29, 0.717) is 179 Å². The fourth-order valence-corrected chi connectivity index (χ4v) is 20.3. The number of nitrogen functional groups attached to an aromatic ring is 2. The van der Waals surface area contributed by atoms with E-state index in [0.717, 1.165) is 27.8 Å². The van der Waals surface area contributed by atoms with Crippen LogP contribution in [0.15, 0.2) is 120 Å². The number of nitrogens with zero attached hydrogens (tertiary/aromatic N) is 15. The molecule has 37 heteroatoms. The monoisotopic (exact) mass is 1890 g/mol. The van der Waals surface area contributed by atoms with Gasteiger partial charge in [-0.25, -0.2) is 44.2 Å². The molecule has 0 radical (unpaired) electrons. The summed E-state index contributed by atoms with van der Waals surface area (Å²) >= 11 is 0. The van der Waals surface area contributed by atoms with Crippen LogP contribution in [0.1, 0.15) is 171 Å². The van der Waals surface area contributed by atoms with Crippen molar-refractivity contribution in [3.63, 3.8) is 0 Å². The summed E-state index contributed by atoms with van der Waals surface area (Å²) in [5.41, 5.74) is 21.0. The maximum atomic E-state index is 15.0. The Morgan fingerprint density at radius 1 is 0.715 bits per heavy atom. The Morgan fingerprint density at radius 3 is 2.21 bits per heavy atom. The van der Waals surface area contributed by atoms with Crippen molar-refractivity contribution in [1.29, 1.82) is 0 Å². The smallest absolute Gasteiger partial charge is 0.329 e. The summed E-state index contributed by atoms with van der Waals surface area (Å²) < 4.78 is 56.2. The van der Waals surface area contributed by atoms with Gasteiger partial charge in [0.25, 0.3) is 23.6 Å². The molecule has 5 fully saturated rings. The van der Waals surface area contributed by atoms with E-state index in [1.54, 1.807) is 70.9 Å². The van der Waals surface area contributed by atoms with Crippen molar-refractivity contribution < 1.29 is 96.0 Å². The van der Waals surface area contributed by atoms with E-state index in [2.05, 4.69) is 56.8 Å². The first-order valence-electron chi connectivity index (χ1n) is 48.1. The lowest BCUT2D eigenvalue weighted by molar-refractivity contribution is -0.265. The average molecular weight is 1890 g/mol. The van der Waals surface area contributed by atoms with Gasteiger partial charge in [0.15, 0.2) is 17.0 Å². The second-order valence-corrected chi connectivity index (χ2v) is 38.0. The third-order valence-electron chi connectivity index (χ3n) is 28.5. The Balaban J connectivity index is 0.515. The Hall–Kier alpha value is -11.4. The molecular formula is C100H133N17O20. The SMILES string of the molecule is CO[C@H]1C[C@@H]2CC[C@@H](C)[C@@](O)(O2)C(=O)C(=O)N2CCCC[C@H]2C(=O)O[C@H]([C@H](C)C[C@@H]2CC[C@@H](OC(=O)CCc3cnc(N4CCN(C(=O)CCOCCN5CCN(c6ncc(C(=O)N7CCc8cc(Cn9nc(-c%10ccc%11oc(N)nc%11c%10)c%10c(N)ncnc%109)ccc8C7)cn6)CC5)[C@@H](C(=O)O)C4)nc3)[C@H](OC)C2)C[C@@H](OC)[C@H](C)/C=C(\C)[C@@H](O)[C@@H](OC)C(=O)[C@H](C)C[C@H](C)/C=C/C=C/C=C/1C. The quantitative estimate of drug-likeness (QED) is 0.0163. The lowest BCUT2D eigenvalue weighted by Crippen LogP contribution is -2.61. The third kappa shape index (κ3) is 24.6. The minimum atomic E-state index is -2.48. The highest BCUT2D eigenvalue weighted by Gasteiger charge is 2.54. The van der Waals surface area contributed by atoms with Crippen molar-refractivity contribution in [2.75, 3.05) is 128 Å². The van der Waals surface area contributed by atoms with Crippen molar-refractivity contribution >= 4 is 93.1 Å². The van der Waals surface area contributed by atoms with Crippen LogP contribution in [-0.4, -0.2) is 301 Å². The molecule has 1 saturated carbocycles. The van der Waals surface area contributed by atoms with Crippen molar-refractivity contribution in [2.45, 2.75) is 231 Å². The number of nitrogens with two attached hydrogens (primary N) is 2. The number of aliphatic hydroxyl groups is 2. The fraction of sp³-hybridized carbons (Fsp3) is 0.580. The number of oxazole rings is 1. The van der Waals surface area contributed by atoms with Gasteiger partial charge in [-0.3, -0.25) is 33.7 Å². The summed E-state index contributed by atoms with van der Waals surface area (Å²) in [7, 11) is 6.12. The van der Waals surface area contributed by atoms with Gasteiger partial charge >= 0.3 is 17.9 Å². The van der Waals surface area contributed by atoms with E-state index in [4.69, 9.17) is 58.9 Å². The van der Waals surface area contributed by atoms with Gasteiger partial charge in [-0.1, -0.05) is 89.3 Å². The van der Waals surface area contributed by atoms with Gasteiger partial charge in [-0.05, 0) is 160 Å². The molecule has 6 aliphatic heterocycles. The zero-order chi connectivity index (χ0) is 97.5. The number of hydrogen-bond acceptors (Lipinski definition) is 32. The van der Waals surface area contributed by atoms with E-state index in [-0.39, 0.29) is 119 Å². The van der Waals surface area contributed by atoms with Crippen LogP contribution in [0.25, 0.3) is 33.4 Å². The molecule has 37 nitrogen and oxygen atoms in total. The molecule has 3 amide bonds. The summed E-state index contributed by atoms with van der Waals surface area (Å²) in [6.45, 7) is 18.7. The Morgan fingerprint density at radius 2 is 1.47 bits per heavy atom. The molecule has 1 aliphatic carbocycles. The minimum absolute atomic E-state index is 0.00452. The molecule has 14 rings (SSSR count). The first kappa shape index (κ1) is 101.